The van der Waals surface area contributed by atoms with Crippen LogP contribution in [-0.2, 0) is 9.59 Å². The van der Waals surface area contributed by atoms with Gasteiger partial charge in [-0.2, -0.15) is 0 Å². The van der Waals surface area contributed by atoms with E-state index in [9.17, 15) is 9.59 Å². The van der Waals surface area contributed by atoms with Gasteiger partial charge in [-0.25, -0.2) is 0 Å². The number of nitrogens with zero attached hydrogens (tertiary/aromatic N) is 1. The van der Waals surface area contributed by atoms with Gasteiger partial charge in [0, 0.05) is 18.7 Å². The summed E-state index contributed by atoms with van der Waals surface area (Å²) in [4.78, 5) is 26.8. The summed E-state index contributed by atoms with van der Waals surface area (Å²) in [6, 6.07) is 13.4. The Balaban J connectivity index is 1.35. The van der Waals surface area contributed by atoms with Gasteiger partial charge in [-0.3, -0.25) is 9.59 Å². The number of rotatable bonds is 4. The first-order valence-electron chi connectivity index (χ1n) is 9.55. The lowest BCUT2D eigenvalue weighted by Gasteiger charge is -2.27. The molecule has 0 aliphatic carbocycles. The number of hydrogen-bond donors (Lipinski definition) is 1. The minimum absolute atomic E-state index is 0.0139. The van der Waals surface area contributed by atoms with Crippen molar-refractivity contribution in [3.8, 4) is 11.5 Å². The number of benzene rings is 2. The monoisotopic (exact) mass is 380 g/mol. The summed E-state index contributed by atoms with van der Waals surface area (Å²) >= 11 is 0. The molecule has 0 spiro atoms. The Hall–Kier alpha value is -3.02. The maximum atomic E-state index is 12.6. The smallest absolute Gasteiger partial charge is 0.227 e. The number of carbonyl (C=O) groups is 2. The Morgan fingerprint density at radius 2 is 1.93 bits per heavy atom. The summed E-state index contributed by atoms with van der Waals surface area (Å²) < 4.78 is 11.5. The Morgan fingerprint density at radius 3 is 2.75 bits per heavy atom. The first-order chi connectivity index (χ1) is 13.5. The second kappa shape index (κ2) is 7.54. The fourth-order valence-corrected chi connectivity index (χ4v) is 3.67. The standard InChI is InChI=1S/C22H24N2O4/c1-14-6-5-7-18(15(14)2)24-12-16(10-21(24)25)22(26)23-11-17-13-27-19-8-3-4-9-20(19)28-17/h3-9,16-17H,10-13H2,1-2H3,(H,23,26)/t16-,17+/m1/s1. The van der Waals surface area contributed by atoms with Crippen LogP contribution >= 0.6 is 0 Å². The van der Waals surface area contributed by atoms with E-state index in [2.05, 4.69) is 5.32 Å². The van der Waals surface area contributed by atoms with Gasteiger partial charge in [0.25, 0.3) is 0 Å². The molecular weight excluding hydrogens is 356 g/mol. The molecule has 4 rings (SSSR count). The SMILES string of the molecule is Cc1cccc(N2C[C@H](C(=O)NC[C@H]3COc4ccccc4O3)CC2=O)c1C. The Labute approximate surface area is 164 Å². The number of para-hydroxylation sites is 2. The third-order valence-corrected chi connectivity index (χ3v) is 5.43. The molecule has 2 aliphatic heterocycles. The fourth-order valence-electron chi connectivity index (χ4n) is 3.67. The van der Waals surface area contributed by atoms with Crippen LogP contribution in [0.3, 0.4) is 0 Å². The number of aryl methyl sites for hydroxylation is 1. The molecule has 28 heavy (non-hydrogen) atoms. The van der Waals surface area contributed by atoms with E-state index in [1.807, 2.05) is 56.3 Å². The topological polar surface area (TPSA) is 67.9 Å². The maximum absolute atomic E-state index is 12.6. The molecule has 1 N–H and O–H groups in total. The summed E-state index contributed by atoms with van der Waals surface area (Å²) in [6.07, 6.45) is -0.0181. The van der Waals surface area contributed by atoms with E-state index in [1.54, 1.807) is 4.90 Å². The summed E-state index contributed by atoms with van der Waals surface area (Å²) in [6.45, 7) is 5.16. The van der Waals surface area contributed by atoms with Crippen LogP contribution in [0.2, 0.25) is 0 Å². The van der Waals surface area contributed by atoms with Crippen LogP contribution in [0, 0.1) is 19.8 Å². The van der Waals surface area contributed by atoms with Gasteiger partial charge < -0.3 is 19.7 Å². The van der Waals surface area contributed by atoms with Gasteiger partial charge >= 0.3 is 0 Å². The second-order valence-corrected chi connectivity index (χ2v) is 7.37. The highest BCUT2D eigenvalue weighted by molar-refractivity contribution is 6.00. The lowest BCUT2D eigenvalue weighted by Crippen LogP contribution is -2.43. The van der Waals surface area contributed by atoms with Crippen LogP contribution in [-0.4, -0.2) is 37.6 Å². The van der Waals surface area contributed by atoms with Gasteiger partial charge in [0.05, 0.1) is 12.5 Å². The number of hydrogen-bond acceptors (Lipinski definition) is 4. The highest BCUT2D eigenvalue weighted by Gasteiger charge is 2.36. The van der Waals surface area contributed by atoms with Crippen LogP contribution in [0.15, 0.2) is 42.5 Å². The van der Waals surface area contributed by atoms with Crippen molar-refractivity contribution in [1.82, 2.24) is 5.32 Å². The minimum Gasteiger partial charge on any atom is -0.486 e. The fraction of sp³-hybridized carbons (Fsp3) is 0.364. The average molecular weight is 380 g/mol. The molecule has 146 valence electrons. The van der Waals surface area contributed by atoms with E-state index in [0.29, 0.717) is 25.4 Å². The third-order valence-electron chi connectivity index (χ3n) is 5.43. The molecule has 2 amide bonds. The van der Waals surface area contributed by atoms with Crippen LogP contribution < -0.4 is 19.7 Å². The molecule has 2 aliphatic rings. The molecule has 2 atom stereocenters. The van der Waals surface area contributed by atoms with Gasteiger partial charge in [0.2, 0.25) is 11.8 Å². The van der Waals surface area contributed by atoms with Crippen molar-refractivity contribution in [3.05, 3.63) is 53.6 Å². The molecule has 0 bridgehead atoms. The van der Waals surface area contributed by atoms with Gasteiger partial charge in [0.1, 0.15) is 12.7 Å². The van der Waals surface area contributed by atoms with E-state index in [1.165, 1.54) is 0 Å². The zero-order chi connectivity index (χ0) is 19.7. The number of fused-ring (bicyclic) bond motifs is 1. The van der Waals surface area contributed by atoms with E-state index in [-0.39, 0.29) is 30.3 Å². The Morgan fingerprint density at radius 1 is 1.14 bits per heavy atom. The molecule has 2 heterocycles. The first kappa shape index (κ1) is 18.3. The van der Waals surface area contributed by atoms with Crippen molar-refractivity contribution in [2.75, 3.05) is 24.6 Å². The van der Waals surface area contributed by atoms with Crippen molar-refractivity contribution in [2.24, 2.45) is 5.92 Å². The van der Waals surface area contributed by atoms with Crippen LogP contribution in [0.4, 0.5) is 5.69 Å². The summed E-state index contributed by atoms with van der Waals surface area (Å²) in [5, 5.41) is 2.92. The maximum Gasteiger partial charge on any atom is 0.227 e. The largest absolute Gasteiger partial charge is 0.486 e. The zero-order valence-electron chi connectivity index (χ0n) is 16.1. The molecule has 2 aromatic rings. The van der Waals surface area contributed by atoms with Crippen LogP contribution in [0.25, 0.3) is 0 Å². The van der Waals surface area contributed by atoms with Crippen molar-refractivity contribution < 1.29 is 19.1 Å². The van der Waals surface area contributed by atoms with Crippen LogP contribution in [0.5, 0.6) is 11.5 Å². The van der Waals surface area contributed by atoms with Crippen molar-refractivity contribution in [3.63, 3.8) is 0 Å². The number of nitrogens with one attached hydrogen (secondary N) is 1. The number of ether oxygens (including phenoxy) is 2. The highest BCUT2D eigenvalue weighted by atomic mass is 16.6. The van der Waals surface area contributed by atoms with Gasteiger partial charge in [-0.1, -0.05) is 24.3 Å². The normalized spacial score (nSPS) is 20.9. The molecule has 0 saturated carbocycles. The minimum atomic E-state index is -0.357. The predicted octanol–water partition coefficient (Wildman–Crippen LogP) is 2.61. The van der Waals surface area contributed by atoms with E-state index < -0.39 is 0 Å². The van der Waals surface area contributed by atoms with E-state index in [0.717, 1.165) is 22.6 Å². The number of amides is 2. The molecule has 2 aromatic carbocycles. The van der Waals surface area contributed by atoms with E-state index >= 15 is 0 Å². The first-order valence-corrected chi connectivity index (χ1v) is 9.55. The molecule has 6 nitrogen and oxygen atoms in total. The van der Waals surface area contributed by atoms with Crippen molar-refractivity contribution in [2.45, 2.75) is 26.4 Å². The summed E-state index contributed by atoms with van der Waals surface area (Å²) in [5.74, 6) is 0.911. The lowest BCUT2D eigenvalue weighted by atomic mass is 10.1. The molecule has 0 aromatic heterocycles. The average Bonchev–Trinajstić information content (AvgIpc) is 3.09. The van der Waals surface area contributed by atoms with Gasteiger partial charge in [-0.15, -0.1) is 0 Å². The molecule has 1 saturated heterocycles. The zero-order valence-corrected chi connectivity index (χ0v) is 16.1. The van der Waals surface area contributed by atoms with E-state index in [4.69, 9.17) is 9.47 Å². The molecular formula is C22H24N2O4. The molecule has 0 unspecified atom stereocenters. The Bertz CT molecular complexity index is 911. The Kier molecular flexibility index (Phi) is 4.94. The quantitative estimate of drug-likeness (QED) is 0.885. The third kappa shape index (κ3) is 3.54. The summed E-state index contributed by atoms with van der Waals surface area (Å²) in [5.41, 5.74) is 3.09. The molecule has 6 heteroatoms. The molecule has 1 fully saturated rings. The second-order valence-electron chi connectivity index (χ2n) is 7.37. The number of carbonyl (C=O) groups excluding carboxylic acids is 2. The lowest BCUT2D eigenvalue weighted by molar-refractivity contribution is -0.126. The summed E-state index contributed by atoms with van der Waals surface area (Å²) in [7, 11) is 0. The number of anilines is 1. The van der Waals surface area contributed by atoms with Crippen molar-refractivity contribution >= 4 is 17.5 Å². The van der Waals surface area contributed by atoms with Gasteiger partial charge in [-0.05, 0) is 43.2 Å². The van der Waals surface area contributed by atoms with Crippen molar-refractivity contribution in [1.29, 1.82) is 0 Å². The predicted molar refractivity (Wildman–Crippen MR) is 106 cm³/mol. The van der Waals surface area contributed by atoms with Gasteiger partial charge in [0.15, 0.2) is 11.5 Å². The molecule has 0 radical (unpaired) electrons. The van der Waals surface area contributed by atoms with Crippen LogP contribution in [0.1, 0.15) is 17.5 Å². The highest BCUT2D eigenvalue weighted by Crippen LogP contribution is 2.31.